The summed E-state index contributed by atoms with van der Waals surface area (Å²) >= 11 is 0. The second kappa shape index (κ2) is 8.30. The maximum Gasteiger partial charge on any atom is 0.123 e. The number of halogens is 1. The number of aryl methyl sites for hydroxylation is 2. The van der Waals surface area contributed by atoms with E-state index in [-0.39, 0.29) is 5.82 Å². The van der Waals surface area contributed by atoms with Gasteiger partial charge in [-0.1, -0.05) is 18.2 Å². The molecule has 132 valence electrons. The molecule has 0 radical (unpaired) electrons. The minimum absolute atomic E-state index is 0.244. The fraction of sp³-hybridized carbons (Fsp3) is 0.136. The van der Waals surface area contributed by atoms with E-state index in [4.69, 9.17) is 4.74 Å². The fourth-order valence-electron chi connectivity index (χ4n) is 2.39. The summed E-state index contributed by atoms with van der Waals surface area (Å²) in [5.41, 5.74) is 8.38. The van der Waals surface area contributed by atoms with E-state index in [1.54, 1.807) is 18.3 Å². The minimum Gasteiger partial charge on any atom is -0.489 e. The van der Waals surface area contributed by atoms with Crippen molar-refractivity contribution in [2.45, 2.75) is 20.5 Å². The van der Waals surface area contributed by atoms with Gasteiger partial charge in [-0.05, 0) is 84.6 Å². The standard InChI is InChI=1S/C22H21FN2O/c1-16-3-10-21(13-17(16)2)25-24-14-18-6-11-22(12-7-18)26-15-19-4-8-20(23)9-5-19/h3-14,25H,15H2,1-2H3. The van der Waals surface area contributed by atoms with Gasteiger partial charge in [0.05, 0.1) is 11.9 Å². The van der Waals surface area contributed by atoms with Crippen molar-refractivity contribution < 1.29 is 9.13 Å². The Morgan fingerprint density at radius 2 is 1.65 bits per heavy atom. The molecule has 0 amide bonds. The predicted octanol–water partition coefficient (Wildman–Crippen LogP) is 5.47. The van der Waals surface area contributed by atoms with Gasteiger partial charge in [0.25, 0.3) is 0 Å². The van der Waals surface area contributed by atoms with Gasteiger partial charge in [-0.3, -0.25) is 5.43 Å². The zero-order valence-electron chi connectivity index (χ0n) is 14.9. The van der Waals surface area contributed by atoms with E-state index in [0.29, 0.717) is 6.61 Å². The Bertz CT molecular complexity index is 887. The third-order valence-corrected chi connectivity index (χ3v) is 4.11. The van der Waals surface area contributed by atoms with Crippen molar-refractivity contribution in [1.82, 2.24) is 0 Å². The summed E-state index contributed by atoms with van der Waals surface area (Å²) in [6, 6.07) is 20.1. The van der Waals surface area contributed by atoms with Gasteiger partial charge < -0.3 is 4.74 Å². The van der Waals surface area contributed by atoms with E-state index in [9.17, 15) is 4.39 Å². The molecule has 0 heterocycles. The van der Waals surface area contributed by atoms with Gasteiger partial charge >= 0.3 is 0 Å². The molecular weight excluding hydrogens is 327 g/mol. The number of hydrogen-bond acceptors (Lipinski definition) is 3. The zero-order chi connectivity index (χ0) is 18.4. The first-order chi connectivity index (χ1) is 12.6. The van der Waals surface area contributed by atoms with Gasteiger partial charge in [0.2, 0.25) is 0 Å². The third-order valence-electron chi connectivity index (χ3n) is 4.11. The van der Waals surface area contributed by atoms with Crippen molar-refractivity contribution in [3.63, 3.8) is 0 Å². The first-order valence-corrected chi connectivity index (χ1v) is 8.44. The summed E-state index contributed by atoms with van der Waals surface area (Å²) in [6.45, 7) is 4.57. The van der Waals surface area contributed by atoms with Crippen molar-refractivity contribution >= 4 is 11.9 Å². The zero-order valence-corrected chi connectivity index (χ0v) is 14.9. The van der Waals surface area contributed by atoms with Gasteiger partial charge in [0.15, 0.2) is 0 Å². The molecule has 0 fully saturated rings. The van der Waals surface area contributed by atoms with Crippen LogP contribution in [0.4, 0.5) is 10.1 Å². The molecule has 4 heteroatoms. The van der Waals surface area contributed by atoms with Crippen LogP contribution in [0.25, 0.3) is 0 Å². The fourth-order valence-corrected chi connectivity index (χ4v) is 2.39. The van der Waals surface area contributed by atoms with Gasteiger partial charge in [0.1, 0.15) is 18.2 Å². The maximum atomic E-state index is 12.9. The smallest absolute Gasteiger partial charge is 0.123 e. The van der Waals surface area contributed by atoms with Crippen LogP contribution in [0, 0.1) is 19.7 Å². The average molecular weight is 348 g/mol. The summed E-state index contributed by atoms with van der Waals surface area (Å²) in [5.74, 6) is 0.514. The molecule has 26 heavy (non-hydrogen) atoms. The van der Waals surface area contributed by atoms with E-state index in [0.717, 1.165) is 22.6 Å². The number of benzene rings is 3. The van der Waals surface area contributed by atoms with Crippen molar-refractivity contribution in [3.05, 3.63) is 94.8 Å². The van der Waals surface area contributed by atoms with Crippen LogP contribution in [0.15, 0.2) is 71.8 Å². The molecule has 0 saturated heterocycles. The van der Waals surface area contributed by atoms with E-state index in [2.05, 4.69) is 36.5 Å². The Hall–Kier alpha value is -3.14. The third kappa shape index (κ3) is 4.93. The molecule has 0 aliphatic carbocycles. The summed E-state index contributed by atoms with van der Waals surface area (Å²) in [6.07, 6.45) is 1.76. The predicted molar refractivity (Wildman–Crippen MR) is 104 cm³/mol. The van der Waals surface area contributed by atoms with Crippen LogP contribution in [-0.4, -0.2) is 6.21 Å². The molecule has 0 atom stereocenters. The number of hydrogen-bond donors (Lipinski definition) is 1. The number of hydrazone groups is 1. The Morgan fingerprint density at radius 3 is 2.35 bits per heavy atom. The Morgan fingerprint density at radius 1 is 0.923 bits per heavy atom. The molecule has 3 nitrogen and oxygen atoms in total. The van der Waals surface area contributed by atoms with Crippen molar-refractivity contribution in [2.24, 2.45) is 5.10 Å². The largest absolute Gasteiger partial charge is 0.489 e. The van der Waals surface area contributed by atoms with Crippen molar-refractivity contribution in [3.8, 4) is 5.75 Å². The topological polar surface area (TPSA) is 33.6 Å². The average Bonchev–Trinajstić information content (AvgIpc) is 2.65. The lowest BCUT2D eigenvalue weighted by atomic mass is 10.1. The molecule has 3 rings (SSSR count). The first-order valence-electron chi connectivity index (χ1n) is 8.44. The van der Waals surface area contributed by atoms with E-state index in [1.807, 2.05) is 30.3 Å². The second-order valence-corrected chi connectivity index (χ2v) is 6.15. The quantitative estimate of drug-likeness (QED) is 0.473. The molecule has 1 N–H and O–H groups in total. The Kier molecular flexibility index (Phi) is 5.64. The van der Waals surface area contributed by atoms with Crippen LogP contribution in [0.1, 0.15) is 22.3 Å². The van der Waals surface area contributed by atoms with Gasteiger partial charge in [-0.2, -0.15) is 5.10 Å². The summed E-state index contributed by atoms with van der Waals surface area (Å²) in [5, 5.41) is 4.26. The number of ether oxygens (including phenoxy) is 1. The highest BCUT2D eigenvalue weighted by atomic mass is 19.1. The molecule has 0 aromatic heterocycles. The van der Waals surface area contributed by atoms with Gasteiger partial charge in [0, 0.05) is 0 Å². The first kappa shape index (κ1) is 17.7. The van der Waals surface area contributed by atoms with Crippen LogP contribution < -0.4 is 10.2 Å². The normalized spacial score (nSPS) is 10.9. The van der Waals surface area contributed by atoms with Crippen molar-refractivity contribution in [2.75, 3.05) is 5.43 Å². The summed E-state index contributed by atoms with van der Waals surface area (Å²) in [7, 11) is 0. The molecular formula is C22H21FN2O. The van der Waals surface area contributed by atoms with Crippen molar-refractivity contribution in [1.29, 1.82) is 0 Å². The number of nitrogens with zero attached hydrogens (tertiary/aromatic N) is 1. The number of nitrogens with one attached hydrogen (secondary N) is 1. The molecule has 0 saturated carbocycles. The molecule has 0 unspecified atom stereocenters. The molecule has 0 bridgehead atoms. The number of anilines is 1. The van der Waals surface area contributed by atoms with Gasteiger partial charge in [-0.25, -0.2) is 4.39 Å². The molecule has 0 aliphatic rings. The molecule has 3 aromatic carbocycles. The SMILES string of the molecule is Cc1ccc(NN=Cc2ccc(OCc3ccc(F)cc3)cc2)cc1C. The molecule has 0 aliphatic heterocycles. The van der Waals surface area contributed by atoms with E-state index in [1.165, 1.54) is 23.3 Å². The highest BCUT2D eigenvalue weighted by Crippen LogP contribution is 2.15. The Labute approximate surface area is 153 Å². The van der Waals surface area contributed by atoms with Crippen LogP contribution in [-0.2, 0) is 6.61 Å². The van der Waals surface area contributed by atoms with Crippen LogP contribution in [0.3, 0.4) is 0 Å². The van der Waals surface area contributed by atoms with Gasteiger partial charge in [-0.15, -0.1) is 0 Å². The highest BCUT2D eigenvalue weighted by molar-refractivity contribution is 5.80. The monoisotopic (exact) mass is 348 g/mol. The second-order valence-electron chi connectivity index (χ2n) is 6.15. The number of rotatable bonds is 6. The van der Waals surface area contributed by atoms with E-state index < -0.39 is 0 Å². The van der Waals surface area contributed by atoms with E-state index >= 15 is 0 Å². The minimum atomic E-state index is -0.244. The summed E-state index contributed by atoms with van der Waals surface area (Å²) in [4.78, 5) is 0. The van der Waals surface area contributed by atoms with Crippen LogP contribution in [0.2, 0.25) is 0 Å². The van der Waals surface area contributed by atoms with Crippen LogP contribution in [0.5, 0.6) is 5.75 Å². The summed E-state index contributed by atoms with van der Waals surface area (Å²) < 4.78 is 18.6. The lowest BCUT2D eigenvalue weighted by molar-refractivity contribution is 0.306. The molecule has 0 spiro atoms. The maximum absolute atomic E-state index is 12.9. The molecule has 3 aromatic rings. The Balaban J connectivity index is 1.53. The van der Waals surface area contributed by atoms with Crippen LogP contribution >= 0.6 is 0 Å². The lowest BCUT2D eigenvalue weighted by Crippen LogP contribution is -1.96. The lowest BCUT2D eigenvalue weighted by Gasteiger charge is -2.06. The highest BCUT2D eigenvalue weighted by Gasteiger charge is 1.98.